The third kappa shape index (κ3) is 1.84. The van der Waals surface area contributed by atoms with Crippen molar-refractivity contribution < 1.29 is 4.74 Å². The average molecular weight is 283 g/mol. The second kappa shape index (κ2) is 4.00. The van der Waals surface area contributed by atoms with Gasteiger partial charge in [0.15, 0.2) is 0 Å². The summed E-state index contributed by atoms with van der Waals surface area (Å²) in [6.45, 7) is 2.08. The van der Waals surface area contributed by atoms with Gasteiger partial charge < -0.3 is 10.1 Å². The van der Waals surface area contributed by atoms with Crippen molar-refractivity contribution in [2.75, 3.05) is 5.32 Å². The van der Waals surface area contributed by atoms with Crippen molar-refractivity contribution in [3.05, 3.63) is 22.3 Å². The summed E-state index contributed by atoms with van der Waals surface area (Å²) in [5.41, 5.74) is 1.18. The summed E-state index contributed by atoms with van der Waals surface area (Å²) >= 11 is 3.43. The van der Waals surface area contributed by atoms with Crippen LogP contribution in [0.5, 0.6) is 0 Å². The fourth-order valence-corrected chi connectivity index (χ4v) is 3.10. The molecule has 3 unspecified atom stereocenters. The number of rotatable bonds is 2. The Balaban J connectivity index is 1.74. The lowest BCUT2D eigenvalue weighted by Gasteiger charge is -2.21. The lowest BCUT2D eigenvalue weighted by atomic mass is 9.95. The van der Waals surface area contributed by atoms with E-state index in [4.69, 9.17) is 4.74 Å². The first-order valence-electron chi connectivity index (χ1n) is 5.76. The number of fused-ring (bicyclic) bond motifs is 2. The number of aromatic nitrogens is 1. The van der Waals surface area contributed by atoms with Crippen LogP contribution in [0.15, 0.2) is 16.7 Å². The SMILES string of the molecule is Cc1cc(Br)cnc1NC1CC2CCC1O2. The molecule has 3 rings (SSSR count). The molecule has 86 valence electrons. The van der Waals surface area contributed by atoms with Crippen LogP contribution < -0.4 is 5.32 Å². The van der Waals surface area contributed by atoms with Gasteiger partial charge in [-0.2, -0.15) is 0 Å². The largest absolute Gasteiger partial charge is 0.373 e. The highest BCUT2D eigenvalue weighted by atomic mass is 79.9. The number of aryl methyl sites for hydroxylation is 1. The zero-order valence-corrected chi connectivity index (χ0v) is 10.8. The number of hydrogen-bond donors (Lipinski definition) is 1. The summed E-state index contributed by atoms with van der Waals surface area (Å²) in [7, 11) is 0. The van der Waals surface area contributed by atoms with Crippen LogP contribution in [-0.4, -0.2) is 23.2 Å². The number of nitrogens with one attached hydrogen (secondary N) is 1. The molecule has 3 heterocycles. The van der Waals surface area contributed by atoms with E-state index in [0.717, 1.165) is 16.7 Å². The fraction of sp³-hybridized carbons (Fsp3) is 0.583. The van der Waals surface area contributed by atoms with Crippen molar-refractivity contribution in [3.63, 3.8) is 0 Å². The molecule has 2 aliphatic heterocycles. The van der Waals surface area contributed by atoms with Gasteiger partial charge in [0.1, 0.15) is 5.82 Å². The molecule has 4 heteroatoms. The maximum absolute atomic E-state index is 5.82. The summed E-state index contributed by atoms with van der Waals surface area (Å²) in [6, 6.07) is 2.54. The molecule has 0 aliphatic carbocycles. The second-order valence-corrected chi connectivity index (χ2v) is 5.60. The van der Waals surface area contributed by atoms with Gasteiger partial charge in [0.05, 0.1) is 18.2 Å². The summed E-state index contributed by atoms with van der Waals surface area (Å²) in [5.74, 6) is 0.990. The molecule has 0 amide bonds. The van der Waals surface area contributed by atoms with Crippen LogP contribution in [0, 0.1) is 6.92 Å². The number of ether oxygens (including phenoxy) is 1. The number of halogens is 1. The molecule has 2 saturated heterocycles. The van der Waals surface area contributed by atoms with Crippen molar-refractivity contribution in [2.24, 2.45) is 0 Å². The van der Waals surface area contributed by atoms with Crippen LogP contribution in [0.4, 0.5) is 5.82 Å². The number of nitrogens with zero attached hydrogens (tertiary/aromatic N) is 1. The van der Waals surface area contributed by atoms with Crippen LogP contribution in [0.2, 0.25) is 0 Å². The van der Waals surface area contributed by atoms with Gasteiger partial charge in [-0.15, -0.1) is 0 Å². The Morgan fingerprint density at radius 2 is 2.38 bits per heavy atom. The molecule has 1 aromatic heterocycles. The number of pyridine rings is 1. The van der Waals surface area contributed by atoms with Crippen molar-refractivity contribution >= 4 is 21.7 Å². The zero-order valence-electron chi connectivity index (χ0n) is 9.24. The minimum absolute atomic E-state index is 0.398. The minimum atomic E-state index is 0.398. The highest BCUT2D eigenvalue weighted by Crippen LogP contribution is 2.36. The van der Waals surface area contributed by atoms with Crippen LogP contribution in [0.1, 0.15) is 24.8 Å². The van der Waals surface area contributed by atoms with E-state index in [1.807, 2.05) is 6.20 Å². The normalized spacial score (nSPS) is 32.0. The van der Waals surface area contributed by atoms with E-state index >= 15 is 0 Å². The molecule has 0 spiro atoms. The summed E-state index contributed by atoms with van der Waals surface area (Å²) in [4.78, 5) is 4.41. The molecular formula is C12H15BrN2O. The van der Waals surface area contributed by atoms with Crippen molar-refractivity contribution in [2.45, 2.75) is 44.4 Å². The van der Waals surface area contributed by atoms with E-state index in [2.05, 4.69) is 39.2 Å². The van der Waals surface area contributed by atoms with Gasteiger partial charge in [-0.3, -0.25) is 0 Å². The Bertz CT molecular complexity index is 410. The van der Waals surface area contributed by atoms with E-state index in [-0.39, 0.29) is 0 Å². The van der Waals surface area contributed by atoms with E-state index in [1.165, 1.54) is 18.4 Å². The van der Waals surface area contributed by atoms with E-state index < -0.39 is 0 Å². The molecule has 1 aromatic rings. The predicted molar refractivity (Wildman–Crippen MR) is 66.6 cm³/mol. The first-order valence-corrected chi connectivity index (χ1v) is 6.56. The summed E-state index contributed by atoms with van der Waals surface area (Å²) in [5, 5.41) is 3.51. The van der Waals surface area contributed by atoms with Crippen LogP contribution in [-0.2, 0) is 4.74 Å². The van der Waals surface area contributed by atoms with Gasteiger partial charge in [-0.25, -0.2) is 4.98 Å². The van der Waals surface area contributed by atoms with Gasteiger partial charge in [-0.1, -0.05) is 0 Å². The van der Waals surface area contributed by atoms with Gasteiger partial charge in [0.25, 0.3) is 0 Å². The topological polar surface area (TPSA) is 34.2 Å². The third-order valence-electron chi connectivity index (χ3n) is 3.47. The monoisotopic (exact) mass is 282 g/mol. The zero-order chi connectivity index (χ0) is 11.1. The van der Waals surface area contributed by atoms with Gasteiger partial charge in [0, 0.05) is 10.7 Å². The van der Waals surface area contributed by atoms with Crippen LogP contribution in [0.3, 0.4) is 0 Å². The summed E-state index contributed by atoms with van der Waals surface area (Å²) < 4.78 is 6.85. The molecule has 3 atom stereocenters. The average Bonchev–Trinajstić information content (AvgIpc) is 2.84. The molecule has 16 heavy (non-hydrogen) atoms. The van der Waals surface area contributed by atoms with Crippen molar-refractivity contribution in [1.29, 1.82) is 0 Å². The smallest absolute Gasteiger partial charge is 0.129 e. The van der Waals surface area contributed by atoms with E-state index in [9.17, 15) is 0 Å². The first kappa shape index (κ1) is 10.5. The minimum Gasteiger partial charge on any atom is -0.373 e. The molecule has 3 nitrogen and oxygen atoms in total. The maximum Gasteiger partial charge on any atom is 0.129 e. The number of hydrogen-bond acceptors (Lipinski definition) is 3. The Kier molecular flexibility index (Phi) is 2.64. The van der Waals surface area contributed by atoms with E-state index in [0.29, 0.717) is 18.2 Å². The van der Waals surface area contributed by atoms with Gasteiger partial charge >= 0.3 is 0 Å². The van der Waals surface area contributed by atoms with Crippen LogP contribution in [0.25, 0.3) is 0 Å². The second-order valence-electron chi connectivity index (χ2n) is 4.68. The molecule has 1 N–H and O–H groups in total. The first-order chi connectivity index (χ1) is 7.72. The molecular weight excluding hydrogens is 268 g/mol. The highest BCUT2D eigenvalue weighted by molar-refractivity contribution is 9.10. The predicted octanol–water partition coefficient (Wildman–Crippen LogP) is 2.88. The maximum atomic E-state index is 5.82. The molecule has 0 radical (unpaired) electrons. The molecule has 2 aliphatic rings. The lowest BCUT2D eigenvalue weighted by molar-refractivity contribution is 0.102. The molecule has 2 fully saturated rings. The van der Waals surface area contributed by atoms with Crippen molar-refractivity contribution in [1.82, 2.24) is 4.98 Å². The highest BCUT2D eigenvalue weighted by Gasteiger charge is 2.40. The van der Waals surface area contributed by atoms with E-state index in [1.54, 1.807) is 0 Å². The number of anilines is 1. The molecule has 2 bridgehead atoms. The standard InChI is InChI=1S/C12H15BrN2O/c1-7-4-8(13)6-14-12(7)15-10-5-9-2-3-11(10)16-9/h4,6,9-11H,2-3,5H2,1H3,(H,14,15). The Morgan fingerprint density at radius 3 is 3.00 bits per heavy atom. The molecule has 0 saturated carbocycles. The van der Waals surface area contributed by atoms with Crippen LogP contribution >= 0.6 is 15.9 Å². The Morgan fingerprint density at radius 1 is 1.50 bits per heavy atom. The Hall–Kier alpha value is -0.610. The molecule has 0 aromatic carbocycles. The summed E-state index contributed by atoms with van der Waals surface area (Å²) in [6.07, 6.45) is 6.27. The lowest BCUT2D eigenvalue weighted by Crippen LogP contribution is -2.31. The van der Waals surface area contributed by atoms with Gasteiger partial charge in [0.2, 0.25) is 0 Å². The fourth-order valence-electron chi connectivity index (χ4n) is 2.66. The van der Waals surface area contributed by atoms with Crippen molar-refractivity contribution in [3.8, 4) is 0 Å². The third-order valence-corrected chi connectivity index (χ3v) is 3.91. The van der Waals surface area contributed by atoms with Gasteiger partial charge in [-0.05, 0) is 53.7 Å². The quantitative estimate of drug-likeness (QED) is 0.906. The Labute approximate surface area is 104 Å².